The number of carbonyl (C=O) groups excluding carboxylic acids is 1. The number of hydrogen-bond donors (Lipinski definition) is 1. The zero-order valence-corrected chi connectivity index (χ0v) is 13.3. The molecule has 0 aromatic carbocycles. The van der Waals surface area contributed by atoms with Crippen molar-refractivity contribution < 1.29 is 21.8 Å². The Bertz CT molecular complexity index is 353. The molecule has 0 fully saturated rings. The molecule has 1 aromatic rings. The van der Waals surface area contributed by atoms with Crippen molar-refractivity contribution in [3.05, 3.63) is 11.4 Å². The van der Waals surface area contributed by atoms with Crippen LogP contribution in [-0.2, 0) is 4.79 Å². The smallest absolute Gasteiger partial charge is 0.222 e. The summed E-state index contributed by atoms with van der Waals surface area (Å²) in [5.74, 6) is 0.00473. The summed E-state index contributed by atoms with van der Waals surface area (Å²) in [5.41, 5.74) is 1.24. The van der Waals surface area contributed by atoms with Gasteiger partial charge in [0, 0.05) is 13.0 Å². The van der Waals surface area contributed by atoms with E-state index in [1.165, 1.54) is 5.69 Å². The molecule has 1 rings (SSSR count). The number of anilines is 1. The molecule has 3 nitrogen and oxygen atoms in total. The lowest BCUT2D eigenvalue weighted by molar-refractivity contribution is -0.114. The molecule has 0 spiro atoms. The van der Waals surface area contributed by atoms with Crippen molar-refractivity contribution in [3.63, 3.8) is 0 Å². The molecular weight excluding hydrogens is 300 g/mol. The number of halogens is 1. The van der Waals surface area contributed by atoms with Crippen LogP contribution in [0.4, 0.5) is 10.7 Å². The monoisotopic (exact) mass is 320 g/mol. The third-order valence-corrected chi connectivity index (χ3v) is 4.08. The van der Waals surface area contributed by atoms with E-state index in [-0.39, 0.29) is 22.9 Å². The van der Waals surface area contributed by atoms with Gasteiger partial charge in [0.2, 0.25) is 5.91 Å². The minimum absolute atomic E-state index is 0. The van der Waals surface area contributed by atoms with E-state index >= 15 is 0 Å². The third-order valence-electron chi connectivity index (χ3n) is 3.26. The van der Waals surface area contributed by atoms with Crippen molar-refractivity contribution in [2.75, 3.05) is 25.0 Å². The molecule has 0 unspecified atom stereocenters. The highest BCUT2D eigenvalue weighted by Gasteiger charge is 2.28. The molecule has 5 heteroatoms. The van der Waals surface area contributed by atoms with Gasteiger partial charge in [0.05, 0.1) is 19.6 Å². The average Bonchev–Trinajstić information content (AvgIpc) is 2.70. The maximum atomic E-state index is 11.1. The fraction of sp³-hybridized carbons (Fsp3) is 0.583. The number of nitrogens with zero attached hydrogens (tertiary/aromatic N) is 1. The molecule has 0 aliphatic carbocycles. The maximum absolute atomic E-state index is 11.1. The van der Waals surface area contributed by atoms with Crippen molar-refractivity contribution >= 4 is 27.9 Å². The second kappa shape index (κ2) is 7.13. The molecule has 0 aliphatic rings. The first-order chi connectivity index (χ1) is 7.59. The van der Waals surface area contributed by atoms with Crippen LogP contribution in [0.2, 0.25) is 0 Å². The Morgan fingerprint density at radius 1 is 1.29 bits per heavy atom. The first kappa shape index (κ1) is 16.6. The number of rotatable bonds is 5. The van der Waals surface area contributed by atoms with Crippen LogP contribution in [0, 0.1) is 0 Å². The lowest BCUT2D eigenvalue weighted by atomic mass is 10.3. The molecule has 17 heavy (non-hydrogen) atoms. The van der Waals surface area contributed by atoms with Crippen LogP contribution in [-0.4, -0.2) is 25.5 Å². The van der Waals surface area contributed by atoms with Gasteiger partial charge in [-0.2, -0.15) is 0 Å². The second-order valence-corrected chi connectivity index (χ2v) is 4.83. The van der Waals surface area contributed by atoms with Gasteiger partial charge in [-0.05, 0) is 26.2 Å². The van der Waals surface area contributed by atoms with Crippen LogP contribution in [0.1, 0.15) is 27.7 Å². The van der Waals surface area contributed by atoms with E-state index < -0.39 is 0 Å². The van der Waals surface area contributed by atoms with Crippen LogP contribution < -0.4 is 26.8 Å². The van der Waals surface area contributed by atoms with Gasteiger partial charge in [-0.1, -0.05) is 0 Å². The summed E-state index contributed by atoms with van der Waals surface area (Å²) < 4.78 is 0.930. The topological polar surface area (TPSA) is 29.1 Å². The molecule has 0 radical (unpaired) electrons. The van der Waals surface area contributed by atoms with Crippen LogP contribution in [0.3, 0.4) is 0 Å². The van der Waals surface area contributed by atoms with E-state index in [0.717, 1.165) is 29.1 Å². The minimum Gasteiger partial charge on any atom is -1.00 e. The Morgan fingerprint density at radius 3 is 2.24 bits per heavy atom. The lowest BCUT2D eigenvalue weighted by Crippen LogP contribution is -3.00. The van der Waals surface area contributed by atoms with E-state index in [9.17, 15) is 4.79 Å². The molecular formula is C12H21BrN2OS. The lowest BCUT2D eigenvalue weighted by Gasteiger charge is -2.35. The zero-order valence-electron chi connectivity index (χ0n) is 10.9. The minimum atomic E-state index is 0. The molecule has 0 bridgehead atoms. The van der Waals surface area contributed by atoms with Crippen molar-refractivity contribution in [2.24, 2.45) is 0 Å². The molecule has 0 saturated heterocycles. The molecule has 1 amide bonds. The Kier molecular flexibility index (Phi) is 6.97. The number of carbonyl (C=O) groups is 1. The molecule has 0 atom stereocenters. The Morgan fingerprint density at radius 2 is 1.82 bits per heavy atom. The van der Waals surface area contributed by atoms with E-state index in [0.29, 0.717) is 0 Å². The van der Waals surface area contributed by atoms with Crippen LogP contribution in [0.5, 0.6) is 0 Å². The summed E-state index contributed by atoms with van der Waals surface area (Å²) in [6.07, 6.45) is 0. The molecule has 1 aromatic heterocycles. The highest BCUT2D eigenvalue weighted by atomic mass is 79.9. The van der Waals surface area contributed by atoms with E-state index in [4.69, 9.17) is 0 Å². The molecule has 1 N–H and O–H groups in total. The summed E-state index contributed by atoms with van der Waals surface area (Å²) in [4.78, 5) is 11.1. The van der Waals surface area contributed by atoms with Gasteiger partial charge in [0.25, 0.3) is 0 Å². The standard InChI is InChI=1S/C12H20N2OS.BrH/c1-5-14(6-2,7-3)11-8-9-16-12(11)13-10(4)15;/h8-9H,5-7H2,1-4H3;1H. The van der Waals surface area contributed by atoms with Gasteiger partial charge in [-0.15, -0.1) is 11.3 Å². The molecule has 98 valence electrons. The number of thiophene rings is 1. The van der Waals surface area contributed by atoms with Crippen LogP contribution >= 0.6 is 11.3 Å². The van der Waals surface area contributed by atoms with Crippen LogP contribution in [0.25, 0.3) is 0 Å². The summed E-state index contributed by atoms with van der Waals surface area (Å²) in [7, 11) is 0. The number of nitrogens with one attached hydrogen (secondary N) is 1. The van der Waals surface area contributed by atoms with Crippen molar-refractivity contribution in [3.8, 4) is 0 Å². The molecule has 1 heterocycles. The van der Waals surface area contributed by atoms with E-state index in [1.54, 1.807) is 18.3 Å². The van der Waals surface area contributed by atoms with E-state index in [1.807, 2.05) is 0 Å². The second-order valence-electron chi connectivity index (χ2n) is 3.91. The van der Waals surface area contributed by atoms with E-state index in [2.05, 4.69) is 37.5 Å². The molecule has 0 saturated carbocycles. The summed E-state index contributed by atoms with van der Waals surface area (Å²) in [5, 5.41) is 5.97. The Hall–Kier alpha value is -0.390. The third kappa shape index (κ3) is 3.53. The maximum Gasteiger partial charge on any atom is 0.222 e. The van der Waals surface area contributed by atoms with Crippen molar-refractivity contribution in [1.82, 2.24) is 4.48 Å². The van der Waals surface area contributed by atoms with Gasteiger partial charge in [0.1, 0.15) is 0 Å². The predicted octanol–water partition coefficient (Wildman–Crippen LogP) is 0.0775. The summed E-state index contributed by atoms with van der Waals surface area (Å²) >= 11 is 1.60. The fourth-order valence-corrected chi connectivity index (χ4v) is 3.03. The normalized spacial score (nSPS) is 10.8. The highest BCUT2D eigenvalue weighted by Crippen LogP contribution is 2.36. The Balaban J connectivity index is 0.00000256. The SMILES string of the molecule is CC[N+](CC)(CC)c1ccsc1NC(C)=O.[Br-]. The number of hydrogen-bond acceptors (Lipinski definition) is 2. The number of quaternary nitrogens is 1. The fourth-order valence-electron chi connectivity index (χ4n) is 2.11. The highest BCUT2D eigenvalue weighted by molar-refractivity contribution is 7.15. The number of amides is 1. The van der Waals surface area contributed by atoms with Gasteiger partial charge in [-0.3, -0.25) is 9.28 Å². The van der Waals surface area contributed by atoms with Gasteiger partial charge in [0.15, 0.2) is 10.7 Å². The Labute approximate surface area is 118 Å². The summed E-state index contributed by atoms with van der Waals surface area (Å²) in [6.45, 7) is 11.3. The predicted molar refractivity (Wildman–Crippen MR) is 72.0 cm³/mol. The molecule has 0 aliphatic heterocycles. The van der Waals surface area contributed by atoms with Crippen molar-refractivity contribution in [1.29, 1.82) is 0 Å². The largest absolute Gasteiger partial charge is 1.00 e. The summed E-state index contributed by atoms with van der Waals surface area (Å²) in [6, 6.07) is 2.13. The average molecular weight is 321 g/mol. The first-order valence-corrected chi connectivity index (χ1v) is 6.69. The van der Waals surface area contributed by atoms with Crippen LogP contribution in [0.15, 0.2) is 11.4 Å². The van der Waals surface area contributed by atoms with Gasteiger partial charge >= 0.3 is 0 Å². The van der Waals surface area contributed by atoms with Gasteiger partial charge in [-0.25, -0.2) is 0 Å². The van der Waals surface area contributed by atoms with Crippen molar-refractivity contribution in [2.45, 2.75) is 27.7 Å². The first-order valence-electron chi connectivity index (χ1n) is 5.81. The van der Waals surface area contributed by atoms with Gasteiger partial charge < -0.3 is 22.3 Å². The zero-order chi connectivity index (χ0) is 12.2. The quantitative estimate of drug-likeness (QED) is 0.765.